The van der Waals surface area contributed by atoms with Gasteiger partial charge in [0.05, 0.1) is 6.61 Å². The van der Waals surface area contributed by atoms with Crippen LogP contribution in [0.4, 0.5) is 0 Å². The van der Waals surface area contributed by atoms with E-state index in [1.54, 1.807) is 31.4 Å². The van der Waals surface area contributed by atoms with E-state index in [2.05, 4.69) is 10.9 Å². The second-order valence-electron chi connectivity index (χ2n) is 6.24. The van der Waals surface area contributed by atoms with Crippen molar-refractivity contribution in [3.63, 3.8) is 0 Å². The van der Waals surface area contributed by atoms with Crippen molar-refractivity contribution in [2.75, 3.05) is 13.7 Å². The molecule has 6 heteroatoms. The van der Waals surface area contributed by atoms with Gasteiger partial charge < -0.3 is 9.47 Å². The molecule has 29 heavy (non-hydrogen) atoms. The number of methoxy groups -OCH3 is 1. The minimum absolute atomic E-state index is 0.232. The van der Waals surface area contributed by atoms with Crippen molar-refractivity contribution in [2.45, 2.75) is 6.61 Å². The Kier molecular flexibility index (Phi) is 6.97. The van der Waals surface area contributed by atoms with Crippen molar-refractivity contribution in [1.82, 2.24) is 10.9 Å². The Morgan fingerprint density at radius 1 is 0.828 bits per heavy atom. The summed E-state index contributed by atoms with van der Waals surface area (Å²) in [5.41, 5.74) is 7.83. The summed E-state index contributed by atoms with van der Waals surface area (Å²) in [7, 11) is 1.56. The predicted octanol–water partition coefficient (Wildman–Crippen LogP) is 3.34. The molecule has 6 nitrogen and oxygen atoms in total. The van der Waals surface area contributed by atoms with Gasteiger partial charge in [-0.05, 0) is 23.3 Å². The van der Waals surface area contributed by atoms with Gasteiger partial charge in [-0.2, -0.15) is 0 Å². The van der Waals surface area contributed by atoms with Crippen LogP contribution in [-0.4, -0.2) is 25.5 Å². The second-order valence-corrected chi connectivity index (χ2v) is 6.24. The maximum absolute atomic E-state index is 12.3. The van der Waals surface area contributed by atoms with Crippen LogP contribution < -0.4 is 15.6 Å². The minimum atomic E-state index is -0.467. The molecule has 0 aromatic heterocycles. The van der Waals surface area contributed by atoms with Crippen LogP contribution in [0.1, 0.15) is 15.9 Å². The molecule has 3 aromatic carbocycles. The van der Waals surface area contributed by atoms with E-state index in [1.165, 1.54) is 0 Å². The molecule has 3 aromatic rings. The van der Waals surface area contributed by atoms with E-state index < -0.39 is 11.8 Å². The summed E-state index contributed by atoms with van der Waals surface area (Å²) in [6, 6.07) is 24.3. The van der Waals surface area contributed by atoms with Gasteiger partial charge in [0.15, 0.2) is 6.61 Å². The number of nitrogens with one attached hydrogen (secondary N) is 2. The van der Waals surface area contributed by atoms with E-state index in [1.807, 2.05) is 54.6 Å². The maximum Gasteiger partial charge on any atom is 0.276 e. The number of hydrogen-bond donors (Lipinski definition) is 2. The molecule has 0 spiro atoms. The van der Waals surface area contributed by atoms with Crippen molar-refractivity contribution in [1.29, 1.82) is 0 Å². The molecule has 0 atom stereocenters. The number of hydrazine groups is 1. The van der Waals surface area contributed by atoms with Gasteiger partial charge in [-0.3, -0.25) is 20.4 Å². The van der Waals surface area contributed by atoms with E-state index in [9.17, 15) is 9.59 Å². The molecule has 0 aliphatic heterocycles. The highest BCUT2D eigenvalue weighted by Crippen LogP contribution is 2.29. The van der Waals surface area contributed by atoms with Crippen LogP contribution in [0.25, 0.3) is 11.1 Å². The van der Waals surface area contributed by atoms with Gasteiger partial charge >= 0.3 is 0 Å². The number of para-hydroxylation sites is 1. The molecule has 0 radical (unpaired) electrons. The highest BCUT2D eigenvalue weighted by molar-refractivity contribution is 5.96. The maximum atomic E-state index is 12.3. The Labute approximate surface area is 169 Å². The third-order valence-electron chi connectivity index (χ3n) is 4.21. The first kappa shape index (κ1) is 20.1. The first-order valence-electron chi connectivity index (χ1n) is 9.12. The normalized spacial score (nSPS) is 10.2. The van der Waals surface area contributed by atoms with Crippen molar-refractivity contribution in [3.05, 3.63) is 90.0 Å². The lowest BCUT2D eigenvalue weighted by Gasteiger charge is -2.13. The Morgan fingerprint density at radius 2 is 1.52 bits per heavy atom. The molecule has 0 heterocycles. The molecule has 0 bridgehead atoms. The molecule has 0 saturated carbocycles. The number of hydrogen-bond acceptors (Lipinski definition) is 4. The van der Waals surface area contributed by atoms with Gasteiger partial charge in [0.2, 0.25) is 0 Å². The second kappa shape index (κ2) is 10.1. The fourth-order valence-electron chi connectivity index (χ4n) is 2.85. The third-order valence-corrected chi connectivity index (χ3v) is 4.21. The number of benzene rings is 3. The summed E-state index contributed by atoms with van der Waals surface area (Å²) >= 11 is 0. The lowest BCUT2D eigenvalue weighted by atomic mass is 10.1. The molecule has 0 unspecified atom stereocenters. The van der Waals surface area contributed by atoms with Crippen molar-refractivity contribution in [2.24, 2.45) is 0 Å². The predicted molar refractivity (Wildman–Crippen MR) is 110 cm³/mol. The SMILES string of the molecule is COCc1ccccc1C(=O)NNC(=O)COc1ccccc1-c1ccccc1. The Balaban J connectivity index is 1.57. The van der Waals surface area contributed by atoms with Crippen LogP contribution in [0, 0.1) is 0 Å². The van der Waals surface area contributed by atoms with Crippen LogP contribution in [0.5, 0.6) is 5.75 Å². The zero-order valence-corrected chi connectivity index (χ0v) is 16.1. The summed E-state index contributed by atoms with van der Waals surface area (Å²) in [6.07, 6.45) is 0. The van der Waals surface area contributed by atoms with Gasteiger partial charge in [0.1, 0.15) is 5.75 Å². The fraction of sp³-hybridized carbons (Fsp3) is 0.130. The van der Waals surface area contributed by atoms with E-state index in [0.717, 1.165) is 16.7 Å². The molecule has 148 valence electrons. The average Bonchev–Trinajstić information content (AvgIpc) is 2.77. The van der Waals surface area contributed by atoms with Crippen molar-refractivity contribution < 1.29 is 19.1 Å². The van der Waals surface area contributed by atoms with Crippen molar-refractivity contribution >= 4 is 11.8 Å². The number of ether oxygens (including phenoxy) is 2. The summed E-state index contributed by atoms with van der Waals surface area (Å²) < 4.78 is 10.8. The van der Waals surface area contributed by atoms with Crippen molar-refractivity contribution in [3.8, 4) is 16.9 Å². The first-order valence-corrected chi connectivity index (χ1v) is 9.12. The molecule has 3 rings (SSSR count). The zero-order chi connectivity index (χ0) is 20.5. The Hall–Kier alpha value is -3.64. The van der Waals surface area contributed by atoms with E-state index >= 15 is 0 Å². The molecule has 0 saturated heterocycles. The molecular formula is C23H22N2O4. The molecule has 0 aliphatic carbocycles. The van der Waals surface area contributed by atoms with E-state index in [0.29, 0.717) is 17.9 Å². The minimum Gasteiger partial charge on any atom is -0.483 e. The highest BCUT2D eigenvalue weighted by atomic mass is 16.5. The number of rotatable bonds is 7. The summed E-state index contributed by atoms with van der Waals surface area (Å²) in [5, 5.41) is 0. The van der Waals surface area contributed by atoms with E-state index in [-0.39, 0.29) is 6.61 Å². The smallest absolute Gasteiger partial charge is 0.276 e. The molecule has 0 fully saturated rings. The molecule has 2 N–H and O–H groups in total. The van der Waals surface area contributed by atoms with Gasteiger partial charge in [0.25, 0.3) is 11.8 Å². The number of amides is 2. The highest BCUT2D eigenvalue weighted by Gasteiger charge is 2.13. The van der Waals surface area contributed by atoms with Gasteiger partial charge in [0, 0.05) is 18.2 Å². The first-order chi connectivity index (χ1) is 14.2. The van der Waals surface area contributed by atoms with Crippen LogP contribution >= 0.6 is 0 Å². The largest absolute Gasteiger partial charge is 0.483 e. The van der Waals surface area contributed by atoms with Crippen LogP contribution in [0.2, 0.25) is 0 Å². The summed E-state index contributed by atoms with van der Waals surface area (Å²) in [4.78, 5) is 24.5. The van der Waals surface area contributed by atoms with Crippen LogP contribution in [0.3, 0.4) is 0 Å². The number of carbonyl (C=O) groups excluding carboxylic acids is 2. The lowest BCUT2D eigenvalue weighted by molar-refractivity contribution is -0.123. The van der Waals surface area contributed by atoms with Gasteiger partial charge in [-0.25, -0.2) is 0 Å². The summed E-state index contributed by atoms with van der Waals surface area (Å²) in [6.45, 7) is 0.0702. The molecular weight excluding hydrogens is 368 g/mol. The lowest BCUT2D eigenvalue weighted by Crippen LogP contribution is -2.44. The summed E-state index contributed by atoms with van der Waals surface area (Å²) in [5.74, 6) is -0.299. The topological polar surface area (TPSA) is 76.7 Å². The van der Waals surface area contributed by atoms with Crippen LogP contribution in [-0.2, 0) is 16.1 Å². The Morgan fingerprint density at radius 3 is 2.31 bits per heavy atom. The Bertz CT molecular complexity index is 973. The standard InChI is InChI=1S/C23H22N2O4/c1-28-15-18-11-5-6-13-20(18)23(27)25-24-22(26)16-29-21-14-8-7-12-19(21)17-9-3-2-4-10-17/h2-14H,15-16H2,1H3,(H,24,26)(H,25,27). The quantitative estimate of drug-likeness (QED) is 0.607. The number of carbonyl (C=O) groups is 2. The average molecular weight is 390 g/mol. The van der Waals surface area contributed by atoms with Gasteiger partial charge in [-0.1, -0.05) is 66.7 Å². The van der Waals surface area contributed by atoms with Crippen LogP contribution in [0.15, 0.2) is 78.9 Å². The van der Waals surface area contributed by atoms with Gasteiger partial charge in [-0.15, -0.1) is 0 Å². The van der Waals surface area contributed by atoms with E-state index in [4.69, 9.17) is 9.47 Å². The molecule has 2 amide bonds. The monoisotopic (exact) mass is 390 g/mol. The third kappa shape index (κ3) is 5.43. The zero-order valence-electron chi connectivity index (χ0n) is 16.1. The fourth-order valence-corrected chi connectivity index (χ4v) is 2.85. The molecule has 0 aliphatic rings.